The zero-order valence-corrected chi connectivity index (χ0v) is 8.96. The summed E-state index contributed by atoms with van der Waals surface area (Å²) in [6.07, 6.45) is -4.20. The fraction of sp³-hybridized carbons (Fsp3) is 0.889. The van der Waals surface area contributed by atoms with Crippen LogP contribution in [0.25, 0.3) is 0 Å². The van der Waals surface area contributed by atoms with Crippen molar-refractivity contribution < 1.29 is 18.7 Å². The molecule has 0 fully saturated rings. The molecule has 15 heavy (non-hydrogen) atoms. The van der Waals surface area contributed by atoms with Crippen molar-refractivity contribution in [1.29, 1.82) is 0 Å². The Kier molecular flexibility index (Phi) is 7.15. The first-order valence-corrected chi connectivity index (χ1v) is 4.89. The summed E-state index contributed by atoms with van der Waals surface area (Å²) in [6, 6.07) is 0.0733. The van der Waals surface area contributed by atoms with Crippen molar-refractivity contribution in [2.45, 2.75) is 38.8 Å². The van der Waals surface area contributed by atoms with Gasteiger partial charge >= 0.3 is 0 Å². The lowest BCUT2D eigenvalue weighted by atomic mass is 10.3. The van der Waals surface area contributed by atoms with E-state index in [1.165, 1.54) is 0 Å². The van der Waals surface area contributed by atoms with Gasteiger partial charge in [0.25, 0.3) is 6.43 Å². The summed E-state index contributed by atoms with van der Waals surface area (Å²) in [6.45, 7) is 3.76. The van der Waals surface area contributed by atoms with E-state index in [2.05, 4.69) is 10.6 Å². The minimum atomic E-state index is -2.75. The van der Waals surface area contributed by atoms with Crippen LogP contribution in [0.1, 0.15) is 20.3 Å². The highest BCUT2D eigenvalue weighted by Crippen LogP contribution is 1.98. The molecule has 0 saturated carbocycles. The highest BCUT2D eigenvalue weighted by Gasteiger charge is 2.15. The second-order valence-electron chi connectivity index (χ2n) is 3.58. The van der Waals surface area contributed by atoms with Gasteiger partial charge in [-0.25, -0.2) is 8.78 Å². The third-order valence-electron chi connectivity index (χ3n) is 1.62. The maximum absolute atomic E-state index is 11.8. The first kappa shape index (κ1) is 14.2. The topological polar surface area (TPSA) is 61.4 Å². The molecule has 0 bridgehead atoms. The van der Waals surface area contributed by atoms with Crippen molar-refractivity contribution >= 4 is 5.91 Å². The molecule has 0 aromatic carbocycles. The number of hydrogen-bond donors (Lipinski definition) is 3. The Morgan fingerprint density at radius 1 is 1.40 bits per heavy atom. The van der Waals surface area contributed by atoms with Gasteiger partial charge < -0.3 is 15.7 Å². The third kappa shape index (κ3) is 8.26. The number of carbonyl (C=O) groups is 1. The molecule has 4 nitrogen and oxygen atoms in total. The van der Waals surface area contributed by atoms with Gasteiger partial charge in [-0.3, -0.25) is 4.79 Å². The van der Waals surface area contributed by atoms with Gasteiger partial charge in [-0.1, -0.05) is 0 Å². The van der Waals surface area contributed by atoms with Crippen LogP contribution in [-0.2, 0) is 4.79 Å². The van der Waals surface area contributed by atoms with Crippen molar-refractivity contribution in [3.8, 4) is 0 Å². The van der Waals surface area contributed by atoms with E-state index in [0.717, 1.165) is 0 Å². The van der Waals surface area contributed by atoms with Gasteiger partial charge in [0, 0.05) is 25.6 Å². The Morgan fingerprint density at radius 3 is 2.47 bits per heavy atom. The van der Waals surface area contributed by atoms with E-state index in [-0.39, 0.29) is 31.5 Å². The molecular weight excluding hydrogens is 206 g/mol. The van der Waals surface area contributed by atoms with Gasteiger partial charge in [-0.2, -0.15) is 0 Å². The number of halogens is 2. The molecule has 1 amide bonds. The Balaban J connectivity index is 3.42. The van der Waals surface area contributed by atoms with Crippen molar-refractivity contribution in [3.63, 3.8) is 0 Å². The van der Waals surface area contributed by atoms with Crippen LogP contribution in [0.15, 0.2) is 0 Å². The number of rotatable bonds is 7. The van der Waals surface area contributed by atoms with E-state index in [9.17, 15) is 13.6 Å². The molecule has 0 aliphatic heterocycles. The molecule has 0 aliphatic rings. The monoisotopic (exact) mass is 224 g/mol. The summed E-state index contributed by atoms with van der Waals surface area (Å²) in [5, 5.41) is 14.0. The number of hydrogen-bond acceptors (Lipinski definition) is 3. The Hall–Kier alpha value is -0.750. The van der Waals surface area contributed by atoms with Crippen LogP contribution in [0, 0.1) is 0 Å². The average Bonchev–Trinajstić information content (AvgIpc) is 2.10. The predicted octanol–water partition coefficient (Wildman–Crippen LogP) is 0.117. The summed E-state index contributed by atoms with van der Waals surface area (Å²) in [5.41, 5.74) is 0. The van der Waals surface area contributed by atoms with Crippen LogP contribution in [0.4, 0.5) is 8.78 Å². The summed E-state index contributed by atoms with van der Waals surface area (Å²) in [4.78, 5) is 11.1. The van der Waals surface area contributed by atoms with Crippen molar-refractivity contribution in [2.75, 3.05) is 13.1 Å². The van der Waals surface area contributed by atoms with Gasteiger partial charge in [-0.15, -0.1) is 0 Å². The molecule has 90 valence electrons. The first-order chi connectivity index (χ1) is 6.93. The number of nitrogens with one attached hydrogen (secondary N) is 2. The Labute approximate surface area is 88.0 Å². The highest BCUT2D eigenvalue weighted by atomic mass is 19.3. The lowest BCUT2D eigenvalue weighted by Gasteiger charge is -2.11. The number of alkyl halides is 2. The lowest BCUT2D eigenvalue weighted by molar-refractivity contribution is -0.121. The fourth-order valence-electron chi connectivity index (χ4n) is 0.935. The van der Waals surface area contributed by atoms with Crippen molar-refractivity contribution in [3.05, 3.63) is 0 Å². The van der Waals surface area contributed by atoms with Crippen LogP contribution in [-0.4, -0.2) is 42.7 Å². The number of amides is 1. The number of carbonyl (C=O) groups excluding carboxylic acids is 1. The highest BCUT2D eigenvalue weighted by molar-refractivity contribution is 5.76. The number of aliphatic hydroxyl groups excluding tert-OH is 1. The predicted molar refractivity (Wildman–Crippen MR) is 52.8 cm³/mol. The molecule has 6 heteroatoms. The molecule has 0 aromatic heterocycles. The first-order valence-electron chi connectivity index (χ1n) is 4.89. The van der Waals surface area contributed by atoms with Gasteiger partial charge in [-0.05, 0) is 13.8 Å². The third-order valence-corrected chi connectivity index (χ3v) is 1.62. The maximum atomic E-state index is 11.8. The second-order valence-corrected chi connectivity index (χ2v) is 3.58. The van der Waals surface area contributed by atoms with Crippen LogP contribution in [0.2, 0.25) is 0 Å². The van der Waals surface area contributed by atoms with Crippen LogP contribution >= 0.6 is 0 Å². The van der Waals surface area contributed by atoms with Gasteiger partial charge in [0.05, 0.1) is 0 Å². The molecule has 0 heterocycles. The summed E-state index contributed by atoms with van der Waals surface area (Å²) < 4.78 is 23.6. The maximum Gasteiger partial charge on any atom is 0.265 e. The molecule has 3 N–H and O–H groups in total. The molecule has 0 aromatic rings. The molecule has 0 radical (unpaired) electrons. The van der Waals surface area contributed by atoms with E-state index in [0.29, 0.717) is 0 Å². The summed E-state index contributed by atoms with van der Waals surface area (Å²) in [5.74, 6) is -0.135. The van der Waals surface area contributed by atoms with E-state index < -0.39 is 12.5 Å². The van der Waals surface area contributed by atoms with Gasteiger partial charge in [0.1, 0.15) is 6.10 Å². The molecule has 0 saturated heterocycles. The normalized spacial score (nSPS) is 13.3. The molecular formula is C9H18F2N2O2. The minimum absolute atomic E-state index is 0.0733. The Bertz CT molecular complexity index is 189. The minimum Gasteiger partial charge on any atom is -0.386 e. The molecule has 0 aliphatic carbocycles. The lowest BCUT2D eigenvalue weighted by Crippen LogP contribution is -2.36. The second kappa shape index (κ2) is 7.53. The SMILES string of the molecule is CC(C)NC(=O)CCNCC(O)C(F)F. The fourth-order valence-corrected chi connectivity index (χ4v) is 0.935. The Morgan fingerprint density at radius 2 is 2.00 bits per heavy atom. The quantitative estimate of drug-likeness (QED) is 0.538. The van der Waals surface area contributed by atoms with Crippen LogP contribution in [0.3, 0.4) is 0 Å². The van der Waals surface area contributed by atoms with E-state index in [4.69, 9.17) is 5.11 Å². The van der Waals surface area contributed by atoms with Crippen molar-refractivity contribution in [1.82, 2.24) is 10.6 Å². The van der Waals surface area contributed by atoms with E-state index in [1.807, 2.05) is 13.8 Å². The van der Waals surface area contributed by atoms with E-state index in [1.54, 1.807) is 0 Å². The van der Waals surface area contributed by atoms with Gasteiger partial charge in [0.15, 0.2) is 0 Å². The number of aliphatic hydroxyl groups is 1. The smallest absolute Gasteiger partial charge is 0.265 e. The summed E-state index contributed by atoms with van der Waals surface area (Å²) >= 11 is 0. The van der Waals surface area contributed by atoms with Crippen LogP contribution in [0.5, 0.6) is 0 Å². The largest absolute Gasteiger partial charge is 0.386 e. The summed E-state index contributed by atoms with van der Waals surface area (Å²) in [7, 11) is 0. The van der Waals surface area contributed by atoms with E-state index >= 15 is 0 Å². The van der Waals surface area contributed by atoms with Crippen molar-refractivity contribution in [2.24, 2.45) is 0 Å². The van der Waals surface area contributed by atoms with Crippen LogP contribution < -0.4 is 10.6 Å². The molecule has 0 spiro atoms. The standard InChI is InChI=1S/C9H18F2N2O2/c1-6(2)13-8(15)3-4-12-5-7(14)9(10)11/h6-7,9,12,14H,3-5H2,1-2H3,(H,13,15). The zero-order valence-electron chi connectivity index (χ0n) is 8.96. The van der Waals surface area contributed by atoms with Gasteiger partial charge in [0.2, 0.25) is 5.91 Å². The average molecular weight is 224 g/mol. The molecule has 0 rings (SSSR count). The zero-order chi connectivity index (χ0) is 11.8. The molecule has 1 unspecified atom stereocenters. The molecule has 1 atom stereocenters.